The number of carbonyl (C=O) groups excluding carboxylic acids is 1. The van der Waals surface area contributed by atoms with E-state index in [-0.39, 0.29) is 11.3 Å². The van der Waals surface area contributed by atoms with Gasteiger partial charge in [0.05, 0.1) is 7.11 Å². The monoisotopic (exact) mass is 420 g/mol. The number of carbonyl (C=O) groups is 1. The number of aromatic amines is 1. The van der Waals surface area contributed by atoms with Crippen LogP contribution in [0.1, 0.15) is 41.3 Å². The molecule has 0 atom stereocenters. The normalized spacial score (nSPS) is 10.6. The molecule has 1 aromatic heterocycles. The second-order valence-corrected chi connectivity index (χ2v) is 7.23. The zero-order valence-corrected chi connectivity index (χ0v) is 18.4. The Kier molecular flexibility index (Phi) is 7.07. The van der Waals surface area contributed by atoms with Gasteiger partial charge in [-0.05, 0) is 62.2 Å². The van der Waals surface area contributed by atoms with Gasteiger partial charge in [-0.2, -0.15) is 0 Å². The Morgan fingerprint density at radius 2 is 1.81 bits per heavy atom. The van der Waals surface area contributed by atoms with Crippen molar-refractivity contribution >= 4 is 17.3 Å². The Morgan fingerprint density at radius 3 is 2.42 bits per heavy atom. The fourth-order valence-electron chi connectivity index (χ4n) is 3.40. The van der Waals surface area contributed by atoms with Crippen LogP contribution in [0.5, 0.6) is 5.75 Å². The van der Waals surface area contributed by atoms with Crippen molar-refractivity contribution in [1.29, 1.82) is 0 Å². The number of aryl methyl sites for hydroxylation is 1. The van der Waals surface area contributed by atoms with E-state index in [1.165, 1.54) is 6.07 Å². The van der Waals surface area contributed by atoms with Crippen LogP contribution < -0.4 is 20.5 Å². The Balaban J connectivity index is 1.78. The number of H-pyrrole nitrogens is 1. The maximum Gasteiger partial charge on any atom is 0.274 e. The number of hydrogen-bond acceptors (Lipinski definition) is 5. The first-order chi connectivity index (χ1) is 14.9. The van der Waals surface area contributed by atoms with Gasteiger partial charge in [0.2, 0.25) is 0 Å². The molecule has 0 fully saturated rings. The van der Waals surface area contributed by atoms with Crippen LogP contribution in [0.3, 0.4) is 0 Å². The van der Waals surface area contributed by atoms with Crippen LogP contribution in [0.15, 0.2) is 53.3 Å². The maximum absolute atomic E-state index is 12.8. The third-order valence-corrected chi connectivity index (χ3v) is 5.14. The number of nitrogens with one attached hydrogen (secondary N) is 2. The van der Waals surface area contributed by atoms with Crippen molar-refractivity contribution in [2.45, 2.75) is 27.2 Å². The highest BCUT2D eigenvalue weighted by atomic mass is 16.5. The quantitative estimate of drug-likeness (QED) is 0.579. The number of nitrogens with zero attached hydrogens (tertiary/aromatic N) is 2. The van der Waals surface area contributed by atoms with Gasteiger partial charge in [0.25, 0.3) is 11.5 Å². The minimum atomic E-state index is -0.416. The molecule has 1 amide bonds. The first kappa shape index (κ1) is 22.1. The molecule has 31 heavy (non-hydrogen) atoms. The molecule has 1 heterocycles. The van der Waals surface area contributed by atoms with E-state index in [2.05, 4.69) is 34.0 Å². The lowest BCUT2D eigenvalue weighted by atomic mass is 10.1. The molecule has 0 aliphatic rings. The summed E-state index contributed by atoms with van der Waals surface area (Å²) in [7, 11) is 1.61. The molecule has 0 aliphatic heterocycles. The Bertz CT molecular complexity index is 1100. The van der Waals surface area contributed by atoms with Crippen LogP contribution >= 0.6 is 0 Å². The zero-order valence-electron chi connectivity index (χ0n) is 18.4. The van der Waals surface area contributed by atoms with Gasteiger partial charge >= 0.3 is 0 Å². The van der Waals surface area contributed by atoms with Crippen molar-refractivity contribution < 1.29 is 9.53 Å². The molecule has 7 nitrogen and oxygen atoms in total. The Morgan fingerprint density at radius 1 is 1.10 bits per heavy atom. The fourth-order valence-corrected chi connectivity index (χ4v) is 3.40. The van der Waals surface area contributed by atoms with E-state index < -0.39 is 5.91 Å². The predicted molar refractivity (Wildman–Crippen MR) is 123 cm³/mol. The molecule has 0 unspecified atom stereocenters. The smallest absolute Gasteiger partial charge is 0.274 e. The van der Waals surface area contributed by atoms with Crippen molar-refractivity contribution in [3.8, 4) is 5.75 Å². The number of methoxy groups -OCH3 is 1. The lowest BCUT2D eigenvalue weighted by molar-refractivity contribution is 0.102. The topological polar surface area (TPSA) is 87.3 Å². The van der Waals surface area contributed by atoms with E-state index in [9.17, 15) is 9.59 Å². The molecule has 0 aliphatic carbocycles. The number of anilines is 2. The largest absolute Gasteiger partial charge is 0.497 e. The summed E-state index contributed by atoms with van der Waals surface area (Å²) in [4.78, 5) is 34.2. The van der Waals surface area contributed by atoms with E-state index in [1.54, 1.807) is 7.11 Å². The standard InChI is InChI=1S/C24H28N4O3/c1-5-28(6-2)18-9-12-20(16(3)13-18)26-24(30)21-15-23(29)27-22(25-21)14-17-7-10-19(31-4)11-8-17/h7-13,15H,5-6,14H2,1-4H3,(H,26,30)(H,25,27,29). The summed E-state index contributed by atoms with van der Waals surface area (Å²) < 4.78 is 5.16. The molecular weight excluding hydrogens is 392 g/mol. The summed E-state index contributed by atoms with van der Waals surface area (Å²) in [5.41, 5.74) is 3.42. The molecule has 162 valence electrons. The van der Waals surface area contributed by atoms with Crippen molar-refractivity contribution in [2.75, 3.05) is 30.4 Å². The molecule has 3 rings (SSSR count). The predicted octanol–water partition coefficient (Wildman–Crippen LogP) is 3.78. The molecule has 0 spiro atoms. The van der Waals surface area contributed by atoms with Crippen molar-refractivity contribution in [3.63, 3.8) is 0 Å². The molecule has 2 aromatic carbocycles. The van der Waals surface area contributed by atoms with E-state index in [1.807, 2.05) is 49.4 Å². The number of amides is 1. The Labute approximate surface area is 182 Å². The van der Waals surface area contributed by atoms with Crippen LogP contribution in [0, 0.1) is 6.92 Å². The molecule has 7 heteroatoms. The molecule has 2 N–H and O–H groups in total. The van der Waals surface area contributed by atoms with E-state index in [0.29, 0.717) is 17.9 Å². The zero-order chi connectivity index (χ0) is 22.4. The van der Waals surface area contributed by atoms with Crippen molar-refractivity contribution in [1.82, 2.24) is 9.97 Å². The lowest BCUT2D eigenvalue weighted by Crippen LogP contribution is -2.22. The Hall–Kier alpha value is -3.61. The van der Waals surface area contributed by atoms with Crippen LogP contribution in [0.25, 0.3) is 0 Å². The number of rotatable bonds is 8. The van der Waals surface area contributed by atoms with Crippen LogP contribution in [-0.2, 0) is 6.42 Å². The highest BCUT2D eigenvalue weighted by Crippen LogP contribution is 2.23. The van der Waals surface area contributed by atoms with Gasteiger partial charge in [-0.3, -0.25) is 9.59 Å². The summed E-state index contributed by atoms with van der Waals surface area (Å²) in [5, 5.41) is 2.87. The van der Waals surface area contributed by atoms with Gasteiger partial charge in [-0.25, -0.2) is 4.98 Å². The first-order valence-corrected chi connectivity index (χ1v) is 10.3. The second-order valence-electron chi connectivity index (χ2n) is 7.23. The third-order valence-electron chi connectivity index (χ3n) is 5.14. The minimum Gasteiger partial charge on any atom is -0.497 e. The van der Waals surface area contributed by atoms with Crippen LogP contribution in [0.4, 0.5) is 11.4 Å². The summed E-state index contributed by atoms with van der Waals surface area (Å²) in [6.07, 6.45) is 0.401. The number of aromatic nitrogens is 2. The molecule has 0 saturated carbocycles. The average molecular weight is 421 g/mol. The van der Waals surface area contributed by atoms with Gasteiger partial charge in [-0.1, -0.05) is 12.1 Å². The molecule has 3 aromatic rings. The van der Waals surface area contributed by atoms with E-state index in [4.69, 9.17) is 4.74 Å². The highest BCUT2D eigenvalue weighted by Gasteiger charge is 2.13. The molecule has 0 bridgehead atoms. The lowest BCUT2D eigenvalue weighted by Gasteiger charge is -2.22. The van der Waals surface area contributed by atoms with Gasteiger partial charge in [0, 0.05) is 37.0 Å². The van der Waals surface area contributed by atoms with E-state index >= 15 is 0 Å². The summed E-state index contributed by atoms with van der Waals surface area (Å²) in [5.74, 6) is 0.762. The van der Waals surface area contributed by atoms with Crippen LogP contribution in [-0.4, -0.2) is 36.1 Å². The summed E-state index contributed by atoms with van der Waals surface area (Å²) >= 11 is 0. The van der Waals surface area contributed by atoms with Gasteiger partial charge in [-0.15, -0.1) is 0 Å². The van der Waals surface area contributed by atoms with Gasteiger partial charge < -0.3 is 19.9 Å². The molecule has 0 radical (unpaired) electrons. The van der Waals surface area contributed by atoms with Crippen molar-refractivity contribution in [2.24, 2.45) is 0 Å². The first-order valence-electron chi connectivity index (χ1n) is 10.3. The fraction of sp³-hybridized carbons (Fsp3) is 0.292. The van der Waals surface area contributed by atoms with Gasteiger partial charge in [0.1, 0.15) is 17.3 Å². The minimum absolute atomic E-state index is 0.0829. The van der Waals surface area contributed by atoms with E-state index in [0.717, 1.165) is 35.7 Å². The highest BCUT2D eigenvalue weighted by molar-refractivity contribution is 6.03. The van der Waals surface area contributed by atoms with Crippen LogP contribution in [0.2, 0.25) is 0 Å². The summed E-state index contributed by atoms with van der Waals surface area (Å²) in [6.45, 7) is 7.99. The number of benzene rings is 2. The maximum atomic E-state index is 12.8. The average Bonchev–Trinajstić information content (AvgIpc) is 2.76. The molecule has 0 saturated heterocycles. The summed E-state index contributed by atoms with van der Waals surface area (Å²) in [6, 6.07) is 14.6. The second kappa shape index (κ2) is 9.93. The molecular formula is C24H28N4O3. The SMILES string of the molecule is CCN(CC)c1ccc(NC(=O)c2cc(=O)[nH]c(Cc3ccc(OC)cc3)n2)c(C)c1. The number of hydrogen-bond donors (Lipinski definition) is 2. The number of ether oxygens (including phenoxy) is 1. The van der Waals surface area contributed by atoms with Gasteiger partial charge in [0.15, 0.2) is 0 Å². The third kappa shape index (κ3) is 5.51. The van der Waals surface area contributed by atoms with Crippen molar-refractivity contribution in [3.05, 3.63) is 81.5 Å².